The molecule has 0 spiro atoms. The highest BCUT2D eigenvalue weighted by Crippen LogP contribution is 2.14. The summed E-state index contributed by atoms with van der Waals surface area (Å²) in [6.07, 6.45) is 3.23. The molecule has 0 radical (unpaired) electrons. The molecule has 1 heterocycles. The number of hydrogen-bond donors (Lipinski definition) is 1. The van der Waals surface area contributed by atoms with Crippen LogP contribution in [0.1, 0.15) is 38.2 Å². The van der Waals surface area contributed by atoms with E-state index in [-0.39, 0.29) is 24.0 Å². The summed E-state index contributed by atoms with van der Waals surface area (Å²) in [5.41, 5.74) is 3.37. The number of nitro benzene ring substituents is 1. The fourth-order valence-corrected chi connectivity index (χ4v) is 2.47. The summed E-state index contributed by atoms with van der Waals surface area (Å²) >= 11 is 0. The molecule has 1 aromatic carbocycles. The molecule has 1 aliphatic heterocycles. The van der Waals surface area contributed by atoms with Crippen LogP contribution in [0.15, 0.2) is 29.4 Å². The molecule has 1 aromatic rings. The van der Waals surface area contributed by atoms with Gasteiger partial charge >= 0.3 is 0 Å². The third-order valence-electron chi connectivity index (χ3n) is 3.83. The first-order valence-corrected chi connectivity index (χ1v) is 7.83. The van der Waals surface area contributed by atoms with Crippen LogP contribution in [0, 0.1) is 10.1 Å². The average Bonchev–Trinajstić information content (AvgIpc) is 2.77. The average molecular weight is 332 g/mol. The van der Waals surface area contributed by atoms with Crippen LogP contribution in [0.2, 0.25) is 0 Å². The largest absolute Gasteiger partial charge is 0.333 e. The molecule has 0 unspecified atom stereocenters. The zero-order valence-electron chi connectivity index (χ0n) is 13.5. The quantitative estimate of drug-likeness (QED) is 0.504. The summed E-state index contributed by atoms with van der Waals surface area (Å²) in [6, 6.07) is 6.02. The van der Waals surface area contributed by atoms with Gasteiger partial charge in [0.25, 0.3) is 11.6 Å². The van der Waals surface area contributed by atoms with Crippen LogP contribution >= 0.6 is 0 Å². The van der Waals surface area contributed by atoms with Crippen LogP contribution in [0.3, 0.4) is 0 Å². The summed E-state index contributed by atoms with van der Waals surface area (Å²) < 4.78 is 0. The van der Waals surface area contributed by atoms with Gasteiger partial charge in [-0.3, -0.25) is 19.7 Å². The summed E-state index contributed by atoms with van der Waals surface area (Å²) in [4.78, 5) is 35.7. The molecule has 8 nitrogen and oxygen atoms in total. The maximum atomic E-state index is 12.0. The zero-order chi connectivity index (χ0) is 17.5. The van der Waals surface area contributed by atoms with Gasteiger partial charge in [0.1, 0.15) is 6.54 Å². The van der Waals surface area contributed by atoms with E-state index >= 15 is 0 Å². The maximum Gasteiger partial charge on any atom is 0.270 e. The zero-order valence-corrected chi connectivity index (χ0v) is 13.5. The first-order valence-electron chi connectivity index (χ1n) is 7.83. The van der Waals surface area contributed by atoms with Crippen LogP contribution in [0.25, 0.3) is 0 Å². The fourth-order valence-electron chi connectivity index (χ4n) is 2.47. The van der Waals surface area contributed by atoms with Crippen molar-refractivity contribution in [2.24, 2.45) is 5.10 Å². The van der Waals surface area contributed by atoms with Gasteiger partial charge in [0, 0.05) is 30.7 Å². The third kappa shape index (κ3) is 4.87. The van der Waals surface area contributed by atoms with Gasteiger partial charge < -0.3 is 4.90 Å². The smallest absolute Gasteiger partial charge is 0.270 e. The third-order valence-corrected chi connectivity index (χ3v) is 3.83. The Morgan fingerprint density at radius 1 is 1.38 bits per heavy atom. The molecule has 24 heavy (non-hydrogen) atoms. The Morgan fingerprint density at radius 2 is 2.17 bits per heavy atom. The van der Waals surface area contributed by atoms with E-state index in [1.165, 1.54) is 12.1 Å². The van der Waals surface area contributed by atoms with Crippen LogP contribution < -0.4 is 5.43 Å². The van der Waals surface area contributed by atoms with Crippen molar-refractivity contribution in [1.82, 2.24) is 10.3 Å². The second-order valence-electron chi connectivity index (χ2n) is 5.67. The van der Waals surface area contributed by atoms with Gasteiger partial charge in [0.05, 0.1) is 10.6 Å². The topological polar surface area (TPSA) is 105 Å². The normalized spacial score (nSPS) is 15.8. The minimum absolute atomic E-state index is 0.0120. The highest BCUT2D eigenvalue weighted by molar-refractivity contribution is 5.99. The number of nitrogens with zero attached hydrogens (tertiary/aromatic N) is 3. The molecule has 1 saturated heterocycles. The molecule has 1 aliphatic rings. The molecule has 2 rings (SSSR count). The minimum Gasteiger partial charge on any atom is -0.333 e. The SMILES string of the molecule is C/C(=N/NC(=O)CN1CCCCCC1=O)c1cccc([N+](=O)[O-])c1. The lowest BCUT2D eigenvalue weighted by Gasteiger charge is -2.19. The van der Waals surface area contributed by atoms with Crippen LogP contribution in [-0.4, -0.2) is 40.4 Å². The molecule has 0 atom stereocenters. The van der Waals surface area contributed by atoms with Gasteiger partial charge in [-0.05, 0) is 19.8 Å². The van der Waals surface area contributed by atoms with Gasteiger partial charge in [0.2, 0.25) is 5.91 Å². The molecule has 1 N–H and O–H groups in total. The second kappa shape index (κ2) is 8.19. The van der Waals surface area contributed by atoms with Crippen molar-refractivity contribution >= 4 is 23.2 Å². The first-order chi connectivity index (χ1) is 11.5. The summed E-state index contributed by atoms with van der Waals surface area (Å²) in [7, 11) is 0. The van der Waals surface area contributed by atoms with E-state index in [1.807, 2.05) is 0 Å². The molecule has 2 amide bonds. The summed E-state index contributed by atoms with van der Waals surface area (Å²) in [5.74, 6) is -0.392. The lowest BCUT2D eigenvalue weighted by molar-refractivity contribution is -0.384. The highest BCUT2D eigenvalue weighted by atomic mass is 16.6. The lowest BCUT2D eigenvalue weighted by atomic mass is 10.1. The van der Waals surface area contributed by atoms with E-state index in [2.05, 4.69) is 10.5 Å². The number of nitrogens with one attached hydrogen (secondary N) is 1. The number of rotatable bonds is 5. The number of hydrazone groups is 1. The molecule has 0 aromatic heterocycles. The number of hydrogen-bond acceptors (Lipinski definition) is 5. The predicted molar refractivity (Wildman–Crippen MR) is 88.5 cm³/mol. The molecule has 0 saturated carbocycles. The van der Waals surface area contributed by atoms with E-state index in [4.69, 9.17) is 0 Å². The van der Waals surface area contributed by atoms with Gasteiger partial charge in [-0.15, -0.1) is 0 Å². The van der Waals surface area contributed by atoms with Crippen molar-refractivity contribution in [2.45, 2.75) is 32.6 Å². The lowest BCUT2D eigenvalue weighted by Crippen LogP contribution is -2.39. The fraction of sp³-hybridized carbons (Fsp3) is 0.438. The number of amides is 2. The number of carbonyl (C=O) groups is 2. The van der Waals surface area contributed by atoms with E-state index in [0.717, 1.165) is 19.3 Å². The van der Waals surface area contributed by atoms with E-state index < -0.39 is 4.92 Å². The maximum absolute atomic E-state index is 12.0. The Labute approximate surface area is 139 Å². The van der Waals surface area contributed by atoms with Crippen LogP contribution in [0.4, 0.5) is 5.69 Å². The first kappa shape index (κ1) is 17.6. The molecular formula is C16H20N4O4. The monoisotopic (exact) mass is 332 g/mol. The Hall–Kier alpha value is -2.77. The van der Waals surface area contributed by atoms with Gasteiger partial charge in [-0.1, -0.05) is 18.6 Å². The van der Waals surface area contributed by atoms with E-state index in [0.29, 0.717) is 24.2 Å². The Bertz CT molecular complexity index is 672. The molecule has 8 heteroatoms. The Balaban J connectivity index is 1.96. The molecule has 0 bridgehead atoms. The van der Waals surface area contributed by atoms with Crippen LogP contribution in [-0.2, 0) is 9.59 Å². The summed E-state index contributed by atoms with van der Waals surface area (Å²) in [6.45, 7) is 2.21. The van der Waals surface area contributed by atoms with E-state index in [9.17, 15) is 19.7 Å². The number of carbonyl (C=O) groups excluding carboxylic acids is 2. The molecular weight excluding hydrogens is 312 g/mol. The molecule has 0 aliphatic carbocycles. The Morgan fingerprint density at radius 3 is 2.92 bits per heavy atom. The standard InChI is InChI=1S/C16H20N4O4/c1-12(13-6-5-7-14(10-13)20(23)24)17-18-15(21)11-19-9-4-2-3-8-16(19)22/h5-7,10H,2-4,8-9,11H2,1H3,(H,18,21)/b17-12-. The molecule has 128 valence electrons. The number of non-ortho nitro benzene ring substituents is 1. The Kier molecular flexibility index (Phi) is 6.00. The summed E-state index contributed by atoms with van der Waals surface area (Å²) in [5, 5.41) is 14.7. The van der Waals surface area contributed by atoms with Crippen molar-refractivity contribution in [3.63, 3.8) is 0 Å². The van der Waals surface area contributed by atoms with Crippen LogP contribution in [0.5, 0.6) is 0 Å². The van der Waals surface area contributed by atoms with Crippen molar-refractivity contribution in [3.05, 3.63) is 39.9 Å². The predicted octanol–water partition coefficient (Wildman–Crippen LogP) is 1.84. The number of nitro groups is 1. The van der Waals surface area contributed by atoms with Crippen molar-refractivity contribution in [3.8, 4) is 0 Å². The highest BCUT2D eigenvalue weighted by Gasteiger charge is 2.19. The van der Waals surface area contributed by atoms with Gasteiger partial charge in [-0.2, -0.15) is 5.10 Å². The number of likely N-dealkylation sites (tertiary alicyclic amines) is 1. The van der Waals surface area contributed by atoms with Crippen molar-refractivity contribution < 1.29 is 14.5 Å². The van der Waals surface area contributed by atoms with Crippen molar-refractivity contribution in [2.75, 3.05) is 13.1 Å². The number of benzene rings is 1. The van der Waals surface area contributed by atoms with Gasteiger partial charge in [0.15, 0.2) is 0 Å². The molecule has 1 fully saturated rings. The van der Waals surface area contributed by atoms with Crippen molar-refractivity contribution in [1.29, 1.82) is 0 Å². The second-order valence-corrected chi connectivity index (χ2v) is 5.67. The minimum atomic E-state index is -0.486. The van der Waals surface area contributed by atoms with E-state index in [1.54, 1.807) is 24.0 Å². The van der Waals surface area contributed by atoms with Gasteiger partial charge in [-0.25, -0.2) is 5.43 Å².